The maximum absolute atomic E-state index is 13.8. The maximum Gasteiger partial charge on any atom is 0.244 e. The van der Waals surface area contributed by atoms with Gasteiger partial charge in [-0.05, 0) is 24.3 Å². The van der Waals surface area contributed by atoms with E-state index in [0.29, 0.717) is 4.90 Å². The summed E-state index contributed by atoms with van der Waals surface area (Å²) in [5.41, 5.74) is -0.710. The summed E-state index contributed by atoms with van der Waals surface area (Å²) in [4.78, 5) is 24.3. The van der Waals surface area contributed by atoms with Gasteiger partial charge in [0.1, 0.15) is 29.7 Å². The molecule has 4 nitrogen and oxygen atoms in total. The van der Waals surface area contributed by atoms with E-state index in [0.717, 1.165) is 31.2 Å². The van der Waals surface area contributed by atoms with Crippen LogP contribution in [0, 0.1) is 17.5 Å². The van der Waals surface area contributed by atoms with E-state index in [1.165, 1.54) is 18.2 Å². The van der Waals surface area contributed by atoms with Gasteiger partial charge in [-0.15, -0.1) is 0 Å². The van der Waals surface area contributed by atoms with Crippen LogP contribution in [0.15, 0.2) is 42.5 Å². The molecule has 7 heteroatoms. The number of anilines is 2. The molecule has 0 saturated carbocycles. The van der Waals surface area contributed by atoms with E-state index in [9.17, 15) is 22.8 Å². The molecule has 0 spiro atoms. The zero-order valence-electron chi connectivity index (χ0n) is 12.1. The summed E-state index contributed by atoms with van der Waals surface area (Å²) < 4.78 is 41.0. The van der Waals surface area contributed by atoms with Gasteiger partial charge in [0.2, 0.25) is 11.8 Å². The molecule has 0 fully saturated rings. The number of hydrogen-bond donors (Lipinski definition) is 1. The first-order valence-electron chi connectivity index (χ1n) is 6.66. The largest absolute Gasteiger partial charge is 0.322 e. The summed E-state index contributed by atoms with van der Waals surface area (Å²) in [7, 11) is 0. The lowest BCUT2D eigenvalue weighted by Gasteiger charge is -2.21. The minimum Gasteiger partial charge on any atom is -0.322 e. The van der Waals surface area contributed by atoms with E-state index in [2.05, 4.69) is 5.32 Å². The molecule has 0 aliphatic rings. The molecule has 0 radical (unpaired) electrons. The third-order valence-electron chi connectivity index (χ3n) is 3.04. The first kappa shape index (κ1) is 16.5. The molecule has 0 bridgehead atoms. The Bertz CT molecular complexity index is 730. The zero-order valence-corrected chi connectivity index (χ0v) is 12.1. The van der Waals surface area contributed by atoms with Crippen molar-refractivity contribution in [1.82, 2.24) is 0 Å². The van der Waals surface area contributed by atoms with Crippen molar-refractivity contribution in [2.24, 2.45) is 0 Å². The van der Waals surface area contributed by atoms with Gasteiger partial charge in [-0.2, -0.15) is 0 Å². The van der Waals surface area contributed by atoms with Crippen LogP contribution in [0.4, 0.5) is 24.5 Å². The van der Waals surface area contributed by atoms with E-state index in [1.807, 2.05) is 0 Å². The second kappa shape index (κ2) is 6.95. The van der Waals surface area contributed by atoms with Crippen molar-refractivity contribution < 1.29 is 22.8 Å². The third kappa shape index (κ3) is 3.88. The fourth-order valence-electron chi connectivity index (χ4n) is 1.99. The summed E-state index contributed by atoms with van der Waals surface area (Å²) in [5.74, 6) is -4.12. The van der Waals surface area contributed by atoms with Gasteiger partial charge in [-0.1, -0.05) is 18.2 Å². The van der Waals surface area contributed by atoms with Crippen molar-refractivity contribution in [2.75, 3.05) is 16.8 Å². The molecule has 0 heterocycles. The Hall–Kier alpha value is -2.83. The predicted molar refractivity (Wildman–Crippen MR) is 79.4 cm³/mol. The van der Waals surface area contributed by atoms with Gasteiger partial charge < -0.3 is 5.32 Å². The third-order valence-corrected chi connectivity index (χ3v) is 3.04. The van der Waals surface area contributed by atoms with Gasteiger partial charge in [0.15, 0.2) is 0 Å². The normalized spacial score (nSPS) is 10.3. The lowest BCUT2D eigenvalue weighted by molar-refractivity contribution is -0.120. The maximum atomic E-state index is 13.8. The molecule has 2 rings (SSSR count). The van der Waals surface area contributed by atoms with Crippen LogP contribution >= 0.6 is 0 Å². The van der Waals surface area contributed by atoms with Gasteiger partial charge in [-0.3, -0.25) is 14.5 Å². The number of amides is 2. The van der Waals surface area contributed by atoms with Gasteiger partial charge in [0.05, 0.1) is 5.69 Å². The van der Waals surface area contributed by atoms with Crippen molar-refractivity contribution in [3.8, 4) is 0 Å². The molecule has 0 aromatic heterocycles. The fourth-order valence-corrected chi connectivity index (χ4v) is 1.99. The topological polar surface area (TPSA) is 49.4 Å². The van der Waals surface area contributed by atoms with Crippen LogP contribution in [-0.4, -0.2) is 18.4 Å². The lowest BCUT2D eigenvalue weighted by atomic mass is 10.2. The number of nitrogens with zero attached hydrogens (tertiary/aromatic N) is 1. The Kier molecular flexibility index (Phi) is 5.00. The second-order valence-electron chi connectivity index (χ2n) is 4.70. The SMILES string of the molecule is CC(=O)N(CC(=O)Nc1ccccc1F)c1c(F)cccc1F. The molecule has 2 amide bonds. The highest BCUT2D eigenvalue weighted by Crippen LogP contribution is 2.23. The average molecular weight is 322 g/mol. The van der Waals surface area contributed by atoms with Crippen molar-refractivity contribution in [2.45, 2.75) is 6.92 Å². The van der Waals surface area contributed by atoms with Gasteiger partial charge in [0.25, 0.3) is 0 Å². The first-order valence-corrected chi connectivity index (χ1v) is 6.66. The summed E-state index contributed by atoms with van der Waals surface area (Å²) in [6.45, 7) is 0.420. The standard InChI is InChI=1S/C16H13F3N2O2/c1-10(22)21(16-12(18)6-4-7-13(16)19)9-15(23)20-14-8-3-2-5-11(14)17/h2-8H,9H2,1H3,(H,20,23). The molecule has 2 aromatic carbocycles. The number of hydrogen-bond acceptors (Lipinski definition) is 2. The van der Waals surface area contributed by atoms with Gasteiger partial charge >= 0.3 is 0 Å². The predicted octanol–water partition coefficient (Wildman–Crippen LogP) is 3.10. The quantitative estimate of drug-likeness (QED) is 0.940. The molecule has 0 unspecified atom stereocenters. The summed E-state index contributed by atoms with van der Waals surface area (Å²) in [5, 5.41) is 2.25. The number of carbonyl (C=O) groups is 2. The van der Waals surface area contributed by atoms with Gasteiger partial charge in [-0.25, -0.2) is 13.2 Å². The lowest BCUT2D eigenvalue weighted by Crippen LogP contribution is -2.38. The summed E-state index contributed by atoms with van der Waals surface area (Å²) in [6, 6.07) is 8.53. The van der Waals surface area contributed by atoms with Crippen LogP contribution in [0.2, 0.25) is 0 Å². The molecule has 23 heavy (non-hydrogen) atoms. The monoisotopic (exact) mass is 322 g/mol. The Morgan fingerprint density at radius 2 is 1.52 bits per heavy atom. The molecular formula is C16H13F3N2O2. The Labute approximate surface area is 130 Å². The molecule has 0 aliphatic heterocycles. The van der Waals surface area contributed by atoms with E-state index in [4.69, 9.17) is 0 Å². The van der Waals surface area contributed by atoms with Crippen LogP contribution in [-0.2, 0) is 9.59 Å². The molecule has 2 aromatic rings. The fraction of sp³-hybridized carbons (Fsp3) is 0.125. The highest BCUT2D eigenvalue weighted by molar-refractivity contribution is 6.01. The molecular weight excluding hydrogens is 309 g/mol. The van der Waals surface area contributed by atoms with Crippen LogP contribution in [0.5, 0.6) is 0 Å². The number of nitrogens with one attached hydrogen (secondary N) is 1. The van der Waals surface area contributed by atoms with E-state index in [1.54, 1.807) is 0 Å². The van der Waals surface area contributed by atoms with E-state index in [-0.39, 0.29) is 5.69 Å². The van der Waals surface area contributed by atoms with Crippen molar-refractivity contribution in [3.05, 3.63) is 59.9 Å². The number of benzene rings is 2. The molecule has 120 valence electrons. The second-order valence-corrected chi connectivity index (χ2v) is 4.70. The number of para-hydroxylation sites is 2. The highest BCUT2D eigenvalue weighted by Gasteiger charge is 2.23. The number of carbonyl (C=O) groups excluding carboxylic acids is 2. The first-order chi connectivity index (χ1) is 10.9. The van der Waals surface area contributed by atoms with Crippen LogP contribution in [0.1, 0.15) is 6.92 Å². The summed E-state index contributed by atoms with van der Waals surface area (Å²) in [6.07, 6.45) is 0. The molecule has 0 atom stereocenters. The van der Waals surface area contributed by atoms with Gasteiger partial charge in [0, 0.05) is 6.92 Å². The Morgan fingerprint density at radius 3 is 2.09 bits per heavy atom. The number of rotatable bonds is 4. The van der Waals surface area contributed by atoms with Crippen molar-refractivity contribution in [3.63, 3.8) is 0 Å². The highest BCUT2D eigenvalue weighted by atomic mass is 19.1. The number of halogens is 3. The molecule has 1 N–H and O–H groups in total. The van der Waals surface area contributed by atoms with E-state index >= 15 is 0 Å². The Morgan fingerprint density at radius 1 is 0.957 bits per heavy atom. The van der Waals surface area contributed by atoms with Crippen molar-refractivity contribution in [1.29, 1.82) is 0 Å². The zero-order chi connectivity index (χ0) is 17.0. The minimum absolute atomic E-state index is 0.0880. The van der Waals surface area contributed by atoms with Crippen molar-refractivity contribution >= 4 is 23.2 Å². The Balaban J connectivity index is 2.22. The summed E-state index contributed by atoms with van der Waals surface area (Å²) >= 11 is 0. The van der Waals surface area contributed by atoms with E-state index < -0.39 is 41.5 Å². The average Bonchev–Trinajstić information content (AvgIpc) is 2.48. The minimum atomic E-state index is -0.973. The van der Waals surface area contributed by atoms with Crippen LogP contribution in [0.25, 0.3) is 0 Å². The van der Waals surface area contributed by atoms with Crippen LogP contribution < -0.4 is 10.2 Å². The smallest absolute Gasteiger partial charge is 0.244 e. The molecule has 0 saturated heterocycles. The van der Waals surface area contributed by atoms with Crippen LogP contribution in [0.3, 0.4) is 0 Å². The molecule has 0 aliphatic carbocycles.